The van der Waals surface area contributed by atoms with Gasteiger partial charge in [0.25, 0.3) is 5.69 Å². The Morgan fingerprint density at radius 3 is 3.00 bits per heavy atom. The molecular weight excluding hydrogens is 156 g/mol. The van der Waals surface area contributed by atoms with Gasteiger partial charge in [0.05, 0.1) is 0 Å². The molecule has 1 N–H and O–H groups in total. The van der Waals surface area contributed by atoms with Gasteiger partial charge in [0, 0.05) is 18.7 Å². The molecule has 1 amide bonds. The average molecular weight is 166 g/mol. The molecule has 1 heterocycles. The number of carbonyl (C=O) groups excluding carboxylic acids is 1. The molecule has 1 rings (SSSR count). The second-order valence-electron chi connectivity index (χ2n) is 2.27. The molecule has 1 aromatic heterocycles. The van der Waals surface area contributed by atoms with Crippen LogP contribution in [0, 0.1) is 5.21 Å². The molecule has 0 aliphatic rings. The van der Waals surface area contributed by atoms with Crippen molar-refractivity contribution < 1.29 is 9.52 Å². The first kappa shape index (κ1) is 8.52. The lowest BCUT2D eigenvalue weighted by molar-refractivity contribution is -0.607. The van der Waals surface area contributed by atoms with E-state index in [4.69, 9.17) is 0 Å². The predicted molar refractivity (Wildman–Crippen MR) is 43.4 cm³/mol. The van der Waals surface area contributed by atoms with Gasteiger partial charge in [0.1, 0.15) is 0 Å². The third-order valence-electron chi connectivity index (χ3n) is 1.39. The van der Waals surface area contributed by atoms with E-state index in [1.165, 1.54) is 12.3 Å². The fourth-order valence-corrected chi connectivity index (χ4v) is 0.855. The number of aromatic nitrogens is 1. The van der Waals surface area contributed by atoms with Crippen molar-refractivity contribution in [2.45, 2.75) is 6.92 Å². The summed E-state index contributed by atoms with van der Waals surface area (Å²) in [7, 11) is 0. The Labute approximate surface area is 70.4 Å². The molecule has 0 radical (unpaired) electrons. The Kier molecular flexibility index (Phi) is 2.63. The first-order valence-electron chi connectivity index (χ1n) is 3.72. The molecule has 0 fully saturated rings. The summed E-state index contributed by atoms with van der Waals surface area (Å²) in [5.41, 5.74) is 0.124. The molecule has 4 nitrogen and oxygen atoms in total. The number of hydrogen-bond donors (Lipinski definition) is 1. The number of nitrogens with one attached hydrogen (secondary N) is 1. The summed E-state index contributed by atoms with van der Waals surface area (Å²) in [6.45, 7) is 2.32. The molecule has 0 unspecified atom stereocenters. The maximum absolute atomic E-state index is 11.1. The molecule has 0 atom stereocenters. The second-order valence-corrected chi connectivity index (χ2v) is 2.27. The molecule has 4 heteroatoms. The summed E-state index contributed by atoms with van der Waals surface area (Å²) >= 11 is 0. The van der Waals surface area contributed by atoms with Crippen LogP contribution in [0.2, 0.25) is 0 Å². The highest BCUT2D eigenvalue weighted by Gasteiger charge is 2.12. The fourth-order valence-electron chi connectivity index (χ4n) is 0.855. The van der Waals surface area contributed by atoms with Gasteiger partial charge >= 0.3 is 5.91 Å². The van der Waals surface area contributed by atoms with Crippen molar-refractivity contribution in [2.75, 3.05) is 6.54 Å². The Hall–Kier alpha value is -1.58. The number of nitrogens with zero attached hydrogens (tertiary/aromatic N) is 1. The SMILES string of the molecule is CCNC(=O)c1cccc[n+]1[O-]. The zero-order chi connectivity index (χ0) is 8.97. The zero-order valence-corrected chi connectivity index (χ0v) is 6.78. The first-order chi connectivity index (χ1) is 5.75. The Bertz CT molecular complexity index is 286. The molecule has 0 aliphatic carbocycles. The molecule has 0 aromatic carbocycles. The summed E-state index contributed by atoms with van der Waals surface area (Å²) < 4.78 is 0.547. The second kappa shape index (κ2) is 3.71. The van der Waals surface area contributed by atoms with Crippen molar-refractivity contribution in [2.24, 2.45) is 0 Å². The van der Waals surface area contributed by atoms with Crippen molar-refractivity contribution in [3.63, 3.8) is 0 Å². The van der Waals surface area contributed by atoms with Crippen molar-refractivity contribution in [3.8, 4) is 0 Å². The van der Waals surface area contributed by atoms with Crippen molar-refractivity contribution in [1.29, 1.82) is 0 Å². The van der Waals surface area contributed by atoms with E-state index in [-0.39, 0.29) is 11.6 Å². The summed E-state index contributed by atoms with van der Waals surface area (Å²) in [6.07, 6.45) is 1.30. The van der Waals surface area contributed by atoms with E-state index >= 15 is 0 Å². The maximum Gasteiger partial charge on any atom is 0.317 e. The standard InChI is InChI=1S/C8H10N2O2/c1-2-9-8(11)7-5-3-4-6-10(7)12/h3-6H,2H2,1H3,(H,9,11). The van der Waals surface area contributed by atoms with Gasteiger partial charge in [-0.2, -0.15) is 4.73 Å². The van der Waals surface area contributed by atoms with E-state index < -0.39 is 0 Å². The Balaban J connectivity index is 2.87. The lowest BCUT2D eigenvalue weighted by atomic mass is 10.3. The smallest absolute Gasteiger partial charge is 0.317 e. The largest absolute Gasteiger partial charge is 0.618 e. The van der Waals surface area contributed by atoms with Crippen LogP contribution >= 0.6 is 0 Å². The zero-order valence-electron chi connectivity index (χ0n) is 6.78. The van der Waals surface area contributed by atoms with Crippen LogP contribution in [0.5, 0.6) is 0 Å². The van der Waals surface area contributed by atoms with Crippen LogP contribution < -0.4 is 10.0 Å². The van der Waals surface area contributed by atoms with Crippen LogP contribution in [0.4, 0.5) is 0 Å². The number of hydrogen-bond acceptors (Lipinski definition) is 2. The molecule has 0 saturated heterocycles. The molecular formula is C8H10N2O2. The minimum absolute atomic E-state index is 0.124. The van der Waals surface area contributed by atoms with E-state index in [1.54, 1.807) is 19.1 Å². The maximum atomic E-state index is 11.1. The number of carbonyl (C=O) groups is 1. The third kappa shape index (κ3) is 1.72. The number of amides is 1. The first-order valence-corrected chi connectivity index (χ1v) is 3.72. The van der Waals surface area contributed by atoms with Crippen LogP contribution in [0.25, 0.3) is 0 Å². The molecule has 1 aromatic rings. The van der Waals surface area contributed by atoms with Gasteiger partial charge < -0.3 is 10.5 Å². The summed E-state index contributed by atoms with van der Waals surface area (Å²) in [5, 5.41) is 13.5. The lowest BCUT2D eigenvalue weighted by Crippen LogP contribution is -2.38. The van der Waals surface area contributed by atoms with E-state index in [0.717, 1.165) is 0 Å². The van der Waals surface area contributed by atoms with Gasteiger partial charge in [-0.15, -0.1) is 0 Å². The molecule has 12 heavy (non-hydrogen) atoms. The Morgan fingerprint density at radius 2 is 2.42 bits per heavy atom. The van der Waals surface area contributed by atoms with Gasteiger partial charge in [0.15, 0.2) is 6.20 Å². The van der Waals surface area contributed by atoms with Crippen LogP contribution in [0.3, 0.4) is 0 Å². The van der Waals surface area contributed by atoms with Gasteiger partial charge in [-0.05, 0) is 13.0 Å². The van der Waals surface area contributed by atoms with Crippen molar-refractivity contribution in [3.05, 3.63) is 35.3 Å². The van der Waals surface area contributed by atoms with Crippen LogP contribution in [-0.4, -0.2) is 12.5 Å². The number of rotatable bonds is 2. The topological polar surface area (TPSA) is 56.0 Å². The summed E-state index contributed by atoms with van der Waals surface area (Å²) in [6, 6.07) is 4.71. The van der Waals surface area contributed by atoms with Crippen LogP contribution in [0.1, 0.15) is 17.4 Å². The minimum atomic E-state index is -0.340. The summed E-state index contributed by atoms with van der Waals surface area (Å²) in [5.74, 6) is -0.340. The highest BCUT2D eigenvalue weighted by Crippen LogP contribution is 1.89. The third-order valence-corrected chi connectivity index (χ3v) is 1.39. The summed E-state index contributed by atoms with van der Waals surface area (Å²) in [4.78, 5) is 11.1. The van der Waals surface area contributed by atoms with Crippen LogP contribution in [-0.2, 0) is 0 Å². The van der Waals surface area contributed by atoms with Crippen molar-refractivity contribution in [1.82, 2.24) is 5.32 Å². The minimum Gasteiger partial charge on any atom is -0.618 e. The normalized spacial score (nSPS) is 9.42. The van der Waals surface area contributed by atoms with Crippen LogP contribution in [0.15, 0.2) is 24.4 Å². The van der Waals surface area contributed by atoms with E-state index in [1.807, 2.05) is 0 Å². The number of pyridine rings is 1. The highest BCUT2D eigenvalue weighted by molar-refractivity contribution is 5.90. The fraction of sp³-hybridized carbons (Fsp3) is 0.250. The lowest BCUT2D eigenvalue weighted by Gasteiger charge is -2.02. The quantitative estimate of drug-likeness (QED) is 0.499. The molecule has 64 valence electrons. The highest BCUT2D eigenvalue weighted by atomic mass is 16.5. The monoisotopic (exact) mass is 166 g/mol. The van der Waals surface area contributed by atoms with Gasteiger partial charge in [0.2, 0.25) is 0 Å². The van der Waals surface area contributed by atoms with E-state index in [9.17, 15) is 10.0 Å². The average Bonchev–Trinajstić information content (AvgIpc) is 2.05. The van der Waals surface area contributed by atoms with E-state index in [0.29, 0.717) is 11.3 Å². The molecule has 0 bridgehead atoms. The van der Waals surface area contributed by atoms with Gasteiger partial charge in [-0.3, -0.25) is 4.79 Å². The Morgan fingerprint density at radius 1 is 1.67 bits per heavy atom. The van der Waals surface area contributed by atoms with Gasteiger partial charge in [-0.1, -0.05) is 0 Å². The van der Waals surface area contributed by atoms with Gasteiger partial charge in [-0.25, -0.2) is 0 Å². The molecule has 0 aliphatic heterocycles. The van der Waals surface area contributed by atoms with Crippen molar-refractivity contribution >= 4 is 5.91 Å². The predicted octanol–water partition coefficient (Wildman–Crippen LogP) is 0.0697. The molecule has 0 saturated carbocycles. The molecule has 0 spiro atoms. The van der Waals surface area contributed by atoms with E-state index in [2.05, 4.69) is 5.32 Å².